The SMILES string of the molecule is CCN(C)[C@H]1CCN([C@H]2Cc3ccccc3Sc3ccc(Cl)cc32)C1. The summed E-state index contributed by atoms with van der Waals surface area (Å²) in [7, 11) is 2.25. The molecule has 4 rings (SSSR count). The summed E-state index contributed by atoms with van der Waals surface area (Å²) in [6, 6.07) is 16.3. The van der Waals surface area contributed by atoms with Gasteiger partial charge in [0.15, 0.2) is 0 Å². The molecule has 0 spiro atoms. The molecule has 1 fully saturated rings. The molecule has 0 N–H and O–H groups in total. The molecule has 2 heterocycles. The molecule has 2 nitrogen and oxygen atoms in total. The summed E-state index contributed by atoms with van der Waals surface area (Å²) >= 11 is 8.27. The van der Waals surface area contributed by atoms with Crippen LogP contribution in [0.2, 0.25) is 5.02 Å². The van der Waals surface area contributed by atoms with E-state index in [4.69, 9.17) is 11.6 Å². The van der Waals surface area contributed by atoms with E-state index in [0.717, 1.165) is 24.5 Å². The summed E-state index contributed by atoms with van der Waals surface area (Å²) in [5.74, 6) is 0. The van der Waals surface area contributed by atoms with Crippen LogP contribution in [0.15, 0.2) is 52.3 Å². The Kier molecular flexibility index (Phi) is 5.10. The van der Waals surface area contributed by atoms with Crippen molar-refractivity contribution < 1.29 is 0 Å². The highest BCUT2D eigenvalue weighted by molar-refractivity contribution is 7.99. The predicted octanol–water partition coefficient (Wildman–Crippen LogP) is 5.11. The number of nitrogens with zero attached hydrogens (tertiary/aromatic N) is 2. The molecular weight excluding hydrogens is 348 g/mol. The fourth-order valence-corrected chi connectivity index (χ4v) is 5.37. The average molecular weight is 373 g/mol. The fourth-order valence-electron chi connectivity index (χ4n) is 4.08. The highest BCUT2D eigenvalue weighted by Crippen LogP contribution is 2.44. The standard InChI is InChI=1S/C21H25ClN2S/c1-3-23(2)17-10-11-24(14-17)19-12-15-6-4-5-7-20(15)25-21-9-8-16(22)13-18(19)21/h4-9,13,17,19H,3,10-12,14H2,1-2H3/t17-,19-/m0/s1. The van der Waals surface area contributed by atoms with Crippen LogP contribution in [0.5, 0.6) is 0 Å². The van der Waals surface area contributed by atoms with Crippen molar-refractivity contribution in [3.63, 3.8) is 0 Å². The van der Waals surface area contributed by atoms with Gasteiger partial charge >= 0.3 is 0 Å². The molecule has 0 aromatic heterocycles. The normalized spacial score (nSPS) is 23.4. The molecule has 0 radical (unpaired) electrons. The molecule has 0 unspecified atom stereocenters. The number of likely N-dealkylation sites (N-methyl/N-ethyl adjacent to an activating group) is 1. The van der Waals surface area contributed by atoms with Crippen molar-refractivity contribution in [1.29, 1.82) is 0 Å². The van der Waals surface area contributed by atoms with Crippen LogP contribution in [-0.4, -0.2) is 42.5 Å². The highest BCUT2D eigenvalue weighted by atomic mass is 35.5. The zero-order valence-electron chi connectivity index (χ0n) is 14.9. The number of halogens is 1. The minimum absolute atomic E-state index is 0.417. The molecule has 2 aromatic carbocycles. The highest BCUT2D eigenvalue weighted by Gasteiger charge is 2.33. The van der Waals surface area contributed by atoms with Crippen LogP contribution in [0.1, 0.15) is 30.5 Å². The van der Waals surface area contributed by atoms with E-state index in [1.165, 1.54) is 33.9 Å². The Morgan fingerprint density at radius 2 is 2.04 bits per heavy atom. The molecule has 2 atom stereocenters. The summed E-state index contributed by atoms with van der Waals surface area (Å²) in [6.45, 7) is 5.67. The molecule has 25 heavy (non-hydrogen) atoms. The maximum atomic E-state index is 6.38. The van der Waals surface area contributed by atoms with Crippen molar-refractivity contribution in [2.24, 2.45) is 0 Å². The van der Waals surface area contributed by atoms with Crippen molar-refractivity contribution in [2.75, 3.05) is 26.7 Å². The maximum absolute atomic E-state index is 6.38. The van der Waals surface area contributed by atoms with Gasteiger partial charge in [0.2, 0.25) is 0 Å². The average Bonchev–Trinajstić information content (AvgIpc) is 3.05. The smallest absolute Gasteiger partial charge is 0.0410 e. The lowest BCUT2D eigenvalue weighted by molar-refractivity contribution is 0.202. The van der Waals surface area contributed by atoms with Gasteiger partial charge in [-0.05, 0) is 61.8 Å². The predicted molar refractivity (Wildman–Crippen MR) is 107 cm³/mol. The lowest BCUT2D eigenvalue weighted by atomic mass is 9.97. The molecule has 2 aromatic rings. The molecule has 1 saturated heterocycles. The van der Waals surface area contributed by atoms with Gasteiger partial charge in [-0.15, -0.1) is 0 Å². The van der Waals surface area contributed by atoms with Crippen molar-refractivity contribution >= 4 is 23.4 Å². The van der Waals surface area contributed by atoms with Gasteiger partial charge < -0.3 is 4.90 Å². The summed E-state index contributed by atoms with van der Waals surface area (Å²) in [4.78, 5) is 7.90. The van der Waals surface area contributed by atoms with E-state index >= 15 is 0 Å². The fraction of sp³-hybridized carbons (Fsp3) is 0.429. The van der Waals surface area contributed by atoms with E-state index in [9.17, 15) is 0 Å². The van der Waals surface area contributed by atoms with Crippen LogP contribution in [0.25, 0.3) is 0 Å². The third-order valence-corrected chi connectivity index (χ3v) is 7.14. The van der Waals surface area contributed by atoms with Crippen molar-refractivity contribution in [2.45, 2.75) is 41.6 Å². The summed E-state index contributed by atoms with van der Waals surface area (Å²) < 4.78 is 0. The van der Waals surface area contributed by atoms with Crippen molar-refractivity contribution in [3.8, 4) is 0 Å². The van der Waals surface area contributed by atoms with Gasteiger partial charge in [-0.1, -0.05) is 48.5 Å². The Bertz CT molecular complexity index is 763. The number of hydrogen-bond acceptors (Lipinski definition) is 3. The number of likely N-dealkylation sites (tertiary alicyclic amines) is 1. The molecule has 0 saturated carbocycles. The molecule has 0 bridgehead atoms. The lowest BCUT2D eigenvalue weighted by Gasteiger charge is -2.30. The quantitative estimate of drug-likeness (QED) is 0.738. The third kappa shape index (κ3) is 3.48. The van der Waals surface area contributed by atoms with Crippen LogP contribution >= 0.6 is 23.4 Å². The lowest BCUT2D eigenvalue weighted by Crippen LogP contribution is -2.36. The number of hydrogen-bond donors (Lipinski definition) is 0. The van der Waals surface area contributed by atoms with E-state index in [1.54, 1.807) is 0 Å². The second-order valence-corrected chi connectivity index (χ2v) is 8.64. The topological polar surface area (TPSA) is 6.48 Å². The van der Waals surface area contributed by atoms with Crippen LogP contribution < -0.4 is 0 Å². The van der Waals surface area contributed by atoms with Gasteiger partial charge in [0, 0.05) is 40.0 Å². The summed E-state index contributed by atoms with van der Waals surface area (Å²) in [5.41, 5.74) is 2.85. The molecule has 2 aliphatic heterocycles. The van der Waals surface area contributed by atoms with Crippen molar-refractivity contribution in [1.82, 2.24) is 9.80 Å². The molecule has 4 heteroatoms. The Labute approximate surface area is 160 Å². The second-order valence-electron chi connectivity index (χ2n) is 7.12. The Balaban J connectivity index is 1.70. The van der Waals surface area contributed by atoms with Gasteiger partial charge in [-0.25, -0.2) is 0 Å². The number of benzene rings is 2. The van der Waals surface area contributed by atoms with Gasteiger partial charge in [-0.3, -0.25) is 4.90 Å². The Morgan fingerprint density at radius 3 is 2.88 bits per heavy atom. The van der Waals surface area contributed by atoms with E-state index in [2.05, 4.69) is 60.2 Å². The van der Waals surface area contributed by atoms with Gasteiger partial charge in [-0.2, -0.15) is 0 Å². The minimum atomic E-state index is 0.417. The van der Waals surface area contributed by atoms with E-state index < -0.39 is 0 Å². The zero-order valence-corrected chi connectivity index (χ0v) is 16.5. The van der Waals surface area contributed by atoms with Gasteiger partial charge in [0.25, 0.3) is 0 Å². The Hall–Kier alpha value is -1.00. The molecular formula is C21H25ClN2S. The first-order valence-electron chi connectivity index (χ1n) is 9.15. The number of rotatable bonds is 3. The third-order valence-electron chi connectivity index (χ3n) is 5.69. The second kappa shape index (κ2) is 7.32. The van der Waals surface area contributed by atoms with Crippen LogP contribution in [0.4, 0.5) is 0 Å². The summed E-state index contributed by atoms with van der Waals surface area (Å²) in [5, 5.41) is 0.844. The molecule has 0 aliphatic carbocycles. The van der Waals surface area contributed by atoms with E-state index in [-0.39, 0.29) is 0 Å². The van der Waals surface area contributed by atoms with Gasteiger partial charge in [0.05, 0.1) is 0 Å². The largest absolute Gasteiger partial charge is 0.302 e. The molecule has 132 valence electrons. The molecule has 0 amide bonds. The first-order chi connectivity index (χ1) is 12.2. The Morgan fingerprint density at radius 1 is 1.20 bits per heavy atom. The van der Waals surface area contributed by atoms with E-state index in [1.807, 2.05) is 17.8 Å². The maximum Gasteiger partial charge on any atom is 0.0410 e. The van der Waals surface area contributed by atoms with E-state index in [0.29, 0.717) is 12.1 Å². The first-order valence-corrected chi connectivity index (χ1v) is 10.3. The van der Waals surface area contributed by atoms with Crippen LogP contribution in [0, 0.1) is 0 Å². The van der Waals surface area contributed by atoms with Crippen molar-refractivity contribution in [3.05, 3.63) is 58.6 Å². The zero-order chi connectivity index (χ0) is 17.4. The van der Waals surface area contributed by atoms with Crippen LogP contribution in [-0.2, 0) is 6.42 Å². The number of fused-ring (bicyclic) bond motifs is 2. The monoisotopic (exact) mass is 372 g/mol. The van der Waals surface area contributed by atoms with Gasteiger partial charge in [0.1, 0.15) is 0 Å². The first kappa shape index (κ1) is 17.4. The minimum Gasteiger partial charge on any atom is -0.302 e. The summed E-state index contributed by atoms with van der Waals surface area (Å²) in [6.07, 6.45) is 2.32. The van der Waals surface area contributed by atoms with Crippen LogP contribution in [0.3, 0.4) is 0 Å². The molecule has 2 aliphatic rings.